The van der Waals surface area contributed by atoms with Gasteiger partial charge in [-0.2, -0.15) is 0 Å². The number of rotatable bonds is 6. The fraction of sp³-hybridized carbons (Fsp3) is 0.130. The van der Waals surface area contributed by atoms with E-state index in [0.29, 0.717) is 40.2 Å². The van der Waals surface area contributed by atoms with E-state index in [-0.39, 0.29) is 17.1 Å². The van der Waals surface area contributed by atoms with Gasteiger partial charge in [-0.15, -0.1) is 0 Å². The van der Waals surface area contributed by atoms with Crippen LogP contribution in [-0.2, 0) is 6.42 Å². The molecule has 1 aromatic heterocycles. The average Bonchev–Trinajstić information content (AvgIpc) is 3.16. The molecule has 0 saturated carbocycles. The first-order valence-corrected chi connectivity index (χ1v) is 9.81. The fourth-order valence-electron chi connectivity index (χ4n) is 3.45. The number of benzene rings is 3. The maximum atomic E-state index is 13.9. The molecule has 0 radical (unpaired) electrons. The first kappa shape index (κ1) is 21.0. The number of carbonyl (C=O) groups is 1. The van der Waals surface area contributed by atoms with Crippen molar-refractivity contribution in [1.29, 1.82) is 0 Å². The highest BCUT2D eigenvalue weighted by Crippen LogP contribution is 2.26. The number of nitro groups is 1. The molecule has 8 nitrogen and oxygen atoms in total. The summed E-state index contributed by atoms with van der Waals surface area (Å²) in [5.41, 5.74) is 2.97. The number of nitro benzene ring substituents is 1. The normalized spacial score (nSPS) is 10.8. The fourth-order valence-corrected chi connectivity index (χ4v) is 3.45. The second-order valence-corrected chi connectivity index (χ2v) is 7.49. The molecule has 0 bridgehead atoms. The Bertz CT molecular complexity index is 1330. The van der Waals surface area contributed by atoms with Gasteiger partial charge in [0.25, 0.3) is 11.6 Å². The summed E-state index contributed by atoms with van der Waals surface area (Å²) in [6.45, 7) is 0. The highest BCUT2D eigenvalue weighted by molar-refractivity contribution is 6.09. The Morgan fingerprint density at radius 3 is 2.66 bits per heavy atom. The molecule has 0 fully saturated rings. The van der Waals surface area contributed by atoms with Crippen LogP contribution in [0.5, 0.6) is 0 Å². The number of carbonyl (C=O) groups excluding carboxylic acids is 1. The van der Waals surface area contributed by atoms with Crippen molar-refractivity contribution in [3.63, 3.8) is 0 Å². The number of nitrogens with one attached hydrogen (secondary N) is 2. The average molecular weight is 433 g/mol. The minimum Gasteiger partial charge on any atom is -0.377 e. The number of hydrogen-bond donors (Lipinski definition) is 2. The molecule has 0 atom stereocenters. The number of hydrogen-bond acceptors (Lipinski definition) is 5. The van der Waals surface area contributed by atoms with Crippen molar-refractivity contribution < 1.29 is 14.1 Å². The summed E-state index contributed by atoms with van der Waals surface area (Å²) >= 11 is 0. The van der Waals surface area contributed by atoms with Gasteiger partial charge in [0.1, 0.15) is 11.6 Å². The SMILES string of the molecule is CN(C)c1ccc([N+](=O)[O-])cc1C(=O)Nc1ccc2nc(Cc3ccccc3F)[nH]c2c1. The maximum Gasteiger partial charge on any atom is 0.270 e. The zero-order chi connectivity index (χ0) is 22.8. The standard InChI is InChI=1S/C23H20FN5O3/c1-28(2)21-10-8-16(29(31)32)13-17(21)23(30)25-15-7-9-19-20(12-15)27-22(26-19)11-14-5-3-4-6-18(14)24/h3-10,12-13H,11H2,1-2H3,(H,25,30)(H,26,27). The lowest BCUT2D eigenvalue weighted by Crippen LogP contribution is -2.18. The van der Waals surface area contributed by atoms with Gasteiger partial charge in [0.15, 0.2) is 0 Å². The third kappa shape index (κ3) is 4.27. The van der Waals surface area contributed by atoms with Gasteiger partial charge in [-0.25, -0.2) is 9.37 Å². The molecule has 0 unspecified atom stereocenters. The summed E-state index contributed by atoms with van der Waals surface area (Å²) in [7, 11) is 3.51. The zero-order valence-electron chi connectivity index (χ0n) is 17.4. The zero-order valence-corrected chi connectivity index (χ0v) is 17.4. The van der Waals surface area contributed by atoms with E-state index in [4.69, 9.17) is 0 Å². The van der Waals surface area contributed by atoms with E-state index in [1.54, 1.807) is 61.5 Å². The molecule has 1 heterocycles. The Morgan fingerprint density at radius 2 is 1.94 bits per heavy atom. The molecule has 3 aromatic carbocycles. The summed E-state index contributed by atoms with van der Waals surface area (Å²) in [5, 5.41) is 13.9. The molecular formula is C23H20FN5O3. The molecule has 162 valence electrons. The van der Waals surface area contributed by atoms with Crippen molar-refractivity contribution in [2.45, 2.75) is 6.42 Å². The van der Waals surface area contributed by atoms with Crippen molar-refractivity contribution in [2.24, 2.45) is 0 Å². The predicted molar refractivity (Wildman–Crippen MR) is 121 cm³/mol. The summed E-state index contributed by atoms with van der Waals surface area (Å²) in [6, 6.07) is 15.8. The first-order chi connectivity index (χ1) is 15.3. The number of H-pyrrole nitrogens is 1. The first-order valence-electron chi connectivity index (χ1n) is 9.81. The van der Waals surface area contributed by atoms with Crippen LogP contribution >= 0.6 is 0 Å². The molecule has 2 N–H and O–H groups in total. The van der Waals surface area contributed by atoms with Crippen molar-refractivity contribution in [1.82, 2.24) is 9.97 Å². The van der Waals surface area contributed by atoms with Crippen molar-refractivity contribution in [3.8, 4) is 0 Å². The molecule has 32 heavy (non-hydrogen) atoms. The van der Waals surface area contributed by atoms with E-state index < -0.39 is 10.8 Å². The van der Waals surface area contributed by atoms with Crippen LogP contribution in [0.4, 0.5) is 21.5 Å². The van der Waals surface area contributed by atoms with Crippen molar-refractivity contribution >= 4 is 34.0 Å². The summed E-state index contributed by atoms with van der Waals surface area (Å²) in [6.07, 6.45) is 0.308. The summed E-state index contributed by atoms with van der Waals surface area (Å²) in [5.74, 6) is -0.167. The van der Waals surface area contributed by atoms with Gasteiger partial charge in [0, 0.05) is 44.0 Å². The van der Waals surface area contributed by atoms with Gasteiger partial charge in [-0.05, 0) is 35.9 Å². The number of non-ortho nitro benzene ring substituents is 1. The molecule has 0 aliphatic rings. The lowest BCUT2D eigenvalue weighted by Gasteiger charge is -2.17. The smallest absolute Gasteiger partial charge is 0.270 e. The van der Waals surface area contributed by atoms with Gasteiger partial charge in [0.05, 0.1) is 21.5 Å². The predicted octanol–water partition coefficient (Wildman–Crippen LogP) is 4.52. The molecule has 0 spiro atoms. The van der Waals surface area contributed by atoms with Gasteiger partial charge in [-0.3, -0.25) is 14.9 Å². The maximum absolute atomic E-state index is 13.9. The largest absolute Gasteiger partial charge is 0.377 e. The molecule has 0 aliphatic heterocycles. The second kappa shape index (κ2) is 8.46. The highest BCUT2D eigenvalue weighted by Gasteiger charge is 2.18. The number of aromatic amines is 1. The minimum absolute atomic E-state index is 0.164. The molecular weight excluding hydrogens is 413 g/mol. The van der Waals surface area contributed by atoms with Crippen LogP contribution in [0.2, 0.25) is 0 Å². The van der Waals surface area contributed by atoms with Crippen molar-refractivity contribution in [3.05, 3.63) is 93.5 Å². The van der Waals surface area contributed by atoms with Gasteiger partial charge >= 0.3 is 0 Å². The van der Waals surface area contributed by atoms with Crippen LogP contribution < -0.4 is 10.2 Å². The number of fused-ring (bicyclic) bond motifs is 1. The number of halogens is 1. The van der Waals surface area contributed by atoms with Crippen LogP contribution in [0.3, 0.4) is 0 Å². The number of imidazole rings is 1. The minimum atomic E-state index is -0.538. The topological polar surface area (TPSA) is 104 Å². The lowest BCUT2D eigenvalue weighted by molar-refractivity contribution is -0.384. The van der Waals surface area contributed by atoms with Crippen LogP contribution in [0, 0.1) is 15.9 Å². The van der Waals surface area contributed by atoms with Gasteiger partial charge < -0.3 is 15.2 Å². The molecule has 1 amide bonds. The van der Waals surface area contributed by atoms with E-state index in [0.717, 1.165) is 0 Å². The molecule has 4 aromatic rings. The monoisotopic (exact) mass is 433 g/mol. The van der Waals surface area contributed by atoms with E-state index >= 15 is 0 Å². The Kier molecular flexibility index (Phi) is 5.55. The quantitative estimate of drug-likeness (QED) is 0.344. The number of amides is 1. The second-order valence-electron chi connectivity index (χ2n) is 7.49. The summed E-state index contributed by atoms with van der Waals surface area (Å²) in [4.78, 5) is 32.9. The highest BCUT2D eigenvalue weighted by atomic mass is 19.1. The van der Waals surface area contributed by atoms with Gasteiger partial charge in [-0.1, -0.05) is 18.2 Å². The van der Waals surface area contributed by atoms with E-state index in [1.165, 1.54) is 18.2 Å². The Morgan fingerprint density at radius 1 is 1.16 bits per heavy atom. The number of anilines is 2. The molecule has 0 aliphatic carbocycles. The van der Waals surface area contributed by atoms with E-state index in [1.807, 2.05) is 0 Å². The molecule has 0 saturated heterocycles. The summed E-state index contributed by atoms with van der Waals surface area (Å²) < 4.78 is 13.9. The van der Waals surface area contributed by atoms with Crippen molar-refractivity contribution in [2.75, 3.05) is 24.3 Å². The van der Waals surface area contributed by atoms with Crippen LogP contribution in [0.25, 0.3) is 11.0 Å². The Labute approximate surface area is 182 Å². The van der Waals surface area contributed by atoms with Crippen LogP contribution in [-0.4, -0.2) is 34.9 Å². The Balaban J connectivity index is 1.60. The molecule has 9 heteroatoms. The lowest BCUT2D eigenvalue weighted by atomic mass is 10.1. The Hall–Kier alpha value is -4.27. The van der Waals surface area contributed by atoms with E-state index in [9.17, 15) is 19.3 Å². The molecule has 4 rings (SSSR count). The van der Waals surface area contributed by atoms with Crippen LogP contribution in [0.15, 0.2) is 60.7 Å². The number of aromatic nitrogens is 2. The van der Waals surface area contributed by atoms with Gasteiger partial charge in [0.2, 0.25) is 0 Å². The van der Waals surface area contributed by atoms with E-state index in [2.05, 4.69) is 15.3 Å². The van der Waals surface area contributed by atoms with Crippen LogP contribution in [0.1, 0.15) is 21.7 Å². The number of nitrogens with zero attached hydrogens (tertiary/aromatic N) is 3. The third-order valence-corrected chi connectivity index (χ3v) is 5.02. The third-order valence-electron chi connectivity index (χ3n) is 5.02.